The summed E-state index contributed by atoms with van der Waals surface area (Å²) in [7, 11) is 0. The number of rotatable bonds is 25. The van der Waals surface area contributed by atoms with Gasteiger partial charge in [0.15, 0.2) is 5.78 Å². The van der Waals surface area contributed by atoms with Crippen molar-refractivity contribution in [2.75, 3.05) is 13.2 Å². The third-order valence-electron chi connectivity index (χ3n) is 16.6. The predicted octanol–water partition coefficient (Wildman–Crippen LogP) is 18.2. The van der Waals surface area contributed by atoms with Crippen molar-refractivity contribution in [2.45, 2.75) is 128 Å². The summed E-state index contributed by atoms with van der Waals surface area (Å²) in [6.07, 6.45) is 27.4. The van der Waals surface area contributed by atoms with Gasteiger partial charge in [-0.15, -0.1) is 6.42 Å². The van der Waals surface area contributed by atoms with Gasteiger partial charge in [0.1, 0.15) is 36.6 Å². The Morgan fingerprint density at radius 2 is 0.976 bits per heavy atom. The number of nitrogens with zero attached hydrogens (tertiary/aromatic N) is 1. The van der Waals surface area contributed by atoms with Crippen LogP contribution in [0, 0.1) is 57.5 Å². The van der Waals surface area contributed by atoms with E-state index in [4.69, 9.17) is 20.6 Å². The van der Waals surface area contributed by atoms with Crippen LogP contribution in [0.2, 0.25) is 0 Å². The van der Waals surface area contributed by atoms with Crippen molar-refractivity contribution in [2.24, 2.45) is 0 Å². The van der Waals surface area contributed by atoms with Crippen LogP contribution in [0.3, 0.4) is 0 Å². The molecule has 10 rings (SSSR count). The number of hydrogen-bond acceptors (Lipinski definition) is 4. The Balaban J connectivity index is 0.00000440. The molecule has 0 spiro atoms. The fraction of sp³-hybridized carbons (Fsp3) is 0.289. The van der Waals surface area contributed by atoms with Crippen LogP contribution in [0.1, 0.15) is 164 Å². The minimum absolute atomic E-state index is 0. The zero-order valence-corrected chi connectivity index (χ0v) is 50.8. The Hall–Kier alpha value is -7.78. The molecule has 5 nitrogen and oxygen atoms in total. The minimum atomic E-state index is -0.715. The van der Waals surface area contributed by atoms with Crippen molar-refractivity contribution in [3.8, 4) is 86.8 Å². The normalized spacial score (nSPS) is 13.7. The maximum absolute atomic E-state index is 12.8. The summed E-state index contributed by atoms with van der Waals surface area (Å²) >= 11 is 0. The van der Waals surface area contributed by atoms with E-state index >= 15 is 0 Å². The van der Waals surface area contributed by atoms with E-state index in [1.807, 2.05) is 24.3 Å². The average Bonchev–Trinajstić information content (AvgIpc) is 1.89. The number of fused-ring (bicyclic) bond motifs is 6. The van der Waals surface area contributed by atoms with E-state index in [-0.39, 0.29) is 38.7 Å². The van der Waals surface area contributed by atoms with Gasteiger partial charge in [-0.05, 0) is 166 Å². The number of unbranched alkanes of at least 4 members (excludes halogenated alkanes) is 10. The van der Waals surface area contributed by atoms with Gasteiger partial charge in [0.25, 0.3) is 0 Å². The maximum Gasteiger partial charge on any atom is 0.171 e. The molecule has 0 aliphatic heterocycles. The Bertz CT molecular complexity index is 3600. The topological polar surface area (TPSA) is 58.9 Å². The SMILES string of the molecule is C#CC#CC#COc1ccc(C2(c3ccc(OCCOc4ccc(C(=O)c5ccc[n-]5)cc4)cc3)c3cc(C)ccc3-c3ccc(-c4ccc5c(c4)C(CCCCCCCC)(CCCCCCCC)c4cc(C)ccc4-5)cc32)cc1.[CH3-].[Ir]. The van der Waals surface area contributed by atoms with Crippen LogP contribution in [-0.2, 0) is 30.9 Å². The summed E-state index contributed by atoms with van der Waals surface area (Å²) in [6.45, 7) is 9.73. The molecule has 1 heterocycles. The average molecular weight is 1260 g/mol. The minimum Gasteiger partial charge on any atom is -0.661 e. The van der Waals surface area contributed by atoms with E-state index in [1.54, 1.807) is 30.5 Å². The van der Waals surface area contributed by atoms with Gasteiger partial charge in [0.05, 0.1) is 5.41 Å². The molecule has 0 saturated carbocycles. The van der Waals surface area contributed by atoms with Gasteiger partial charge in [-0.3, -0.25) is 4.79 Å². The van der Waals surface area contributed by atoms with Crippen LogP contribution in [0.5, 0.6) is 17.2 Å². The molecule has 1 unspecified atom stereocenters. The Morgan fingerprint density at radius 1 is 0.512 bits per heavy atom. The molecule has 2 aliphatic rings. The van der Waals surface area contributed by atoms with Crippen molar-refractivity contribution in [1.29, 1.82) is 0 Å². The van der Waals surface area contributed by atoms with Crippen molar-refractivity contribution in [3.63, 3.8) is 0 Å². The van der Waals surface area contributed by atoms with Crippen molar-refractivity contribution >= 4 is 5.78 Å². The molecular weight excluding hydrogens is 1180 g/mol. The molecule has 7 aromatic carbocycles. The molecule has 0 fully saturated rings. The monoisotopic (exact) mass is 1260 g/mol. The molecule has 0 bridgehead atoms. The summed E-state index contributed by atoms with van der Waals surface area (Å²) in [6, 6.07) is 56.3. The molecule has 0 amide bonds. The fourth-order valence-corrected chi connectivity index (χ4v) is 12.6. The summed E-state index contributed by atoms with van der Waals surface area (Å²) in [4.78, 5) is 16.9. The molecule has 0 N–H and O–H groups in total. The number of hydrogen-bond donors (Lipinski definition) is 0. The zero-order valence-electron chi connectivity index (χ0n) is 48.4. The third kappa shape index (κ3) is 12.8. The van der Waals surface area contributed by atoms with Gasteiger partial charge >= 0.3 is 0 Å². The van der Waals surface area contributed by atoms with Crippen LogP contribution >= 0.6 is 0 Å². The van der Waals surface area contributed by atoms with Gasteiger partial charge in [-0.25, -0.2) is 0 Å². The van der Waals surface area contributed by atoms with Gasteiger partial charge < -0.3 is 26.6 Å². The van der Waals surface area contributed by atoms with Gasteiger partial charge in [0.2, 0.25) is 0 Å². The molecule has 8 aromatic rings. The first-order valence-electron chi connectivity index (χ1n) is 29.1. The van der Waals surface area contributed by atoms with Crippen molar-refractivity contribution in [1.82, 2.24) is 4.98 Å². The summed E-state index contributed by atoms with van der Waals surface area (Å²) < 4.78 is 18.3. The quantitative estimate of drug-likeness (QED) is 0.0247. The molecule has 419 valence electrons. The Kier molecular flexibility index (Phi) is 20.8. The van der Waals surface area contributed by atoms with Crippen molar-refractivity contribution in [3.05, 3.63) is 227 Å². The number of carbonyl (C=O) groups is 1. The van der Waals surface area contributed by atoms with E-state index in [0.717, 1.165) is 16.9 Å². The number of aryl methyl sites for hydroxylation is 2. The van der Waals surface area contributed by atoms with Gasteiger partial charge in [-0.1, -0.05) is 205 Å². The first kappa shape index (κ1) is 60.3. The smallest absolute Gasteiger partial charge is 0.171 e. The van der Waals surface area contributed by atoms with Crippen LogP contribution in [0.4, 0.5) is 0 Å². The Morgan fingerprint density at radius 3 is 1.51 bits per heavy atom. The molecular formula is C76H75IrNO4-2. The van der Waals surface area contributed by atoms with Crippen LogP contribution < -0.4 is 19.2 Å². The number of aromatic nitrogens is 1. The van der Waals surface area contributed by atoms with E-state index in [1.165, 1.54) is 157 Å². The first-order chi connectivity index (χ1) is 39.3. The Labute approximate surface area is 502 Å². The number of ketones is 1. The molecule has 2 aliphatic carbocycles. The fourth-order valence-electron chi connectivity index (χ4n) is 12.6. The third-order valence-corrected chi connectivity index (χ3v) is 16.6. The van der Waals surface area contributed by atoms with Crippen LogP contribution in [0.15, 0.2) is 164 Å². The zero-order chi connectivity index (χ0) is 55.3. The number of benzene rings is 7. The van der Waals surface area contributed by atoms with Gasteiger partial charge in [0, 0.05) is 42.9 Å². The van der Waals surface area contributed by atoms with E-state index in [2.05, 4.69) is 172 Å². The molecule has 1 aromatic heterocycles. The first-order valence-corrected chi connectivity index (χ1v) is 29.1. The number of ether oxygens (including phenoxy) is 3. The van der Waals surface area contributed by atoms with E-state index < -0.39 is 5.41 Å². The molecule has 6 heteroatoms. The summed E-state index contributed by atoms with van der Waals surface area (Å²) in [5.41, 5.74) is 18.2. The molecule has 82 heavy (non-hydrogen) atoms. The second-order valence-corrected chi connectivity index (χ2v) is 21.8. The van der Waals surface area contributed by atoms with E-state index in [0.29, 0.717) is 36.0 Å². The summed E-state index contributed by atoms with van der Waals surface area (Å²) in [5, 5.41) is 0. The molecule has 1 radical (unpaired) electrons. The number of terminal acetylenes is 1. The van der Waals surface area contributed by atoms with Crippen molar-refractivity contribution < 1.29 is 39.1 Å². The standard InChI is InChI=1S/C75H73NO4.CH3.Ir/c1-6-9-12-15-17-19-44-74(45-20-18-16-13-10-7-2)68-50-54(4)24-40-64(68)65-42-28-57(52-69(65)74)58-29-43-67-66-41-25-55(5)51-70(66)75(71(67)53-58,59-30-36-62(37-31-59)78-47-21-14-11-8-3)60-32-38-63(39-33-60)80-49-48-79-61-34-26-56(27-35-61)73(77)72-23-22-46-76-72;;/h3,22-43,46,50-53H,6-7,9-10,12-13,15-20,44-45,48-49H2,1-2,4-5H3,(H,76,77);1H3;/q;-1;/p-1. The molecule has 1 atom stereocenters. The van der Waals surface area contributed by atoms with Gasteiger partial charge in [-0.2, -0.15) is 6.20 Å². The van der Waals surface area contributed by atoms with Crippen LogP contribution in [-0.4, -0.2) is 19.0 Å². The predicted molar refractivity (Wildman–Crippen MR) is 333 cm³/mol. The largest absolute Gasteiger partial charge is 0.661 e. The number of carbonyl (C=O) groups excluding carboxylic acids is 1. The summed E-state index contributed by atoms with van der Waals surface area (Å²) in [5.74, 6) is 12.0. The molecule has 0 saturated heterocycles. The second kappa shape index (κ2) is 28.3. The van der Waals surface area contributed by atoms with Crippen LogP contribution in [0.25, 0.3) is 33.4 Å². The second-order valence-electron chi connectivity index (χ2n) is 21.8. The maximum atomic E-state index is 12.8. The van der Waals surface area contributed by atoms with E-state index in [9.17, 15) is 4.79 Å².